The van der Waals surface area contributed by atoms with Crippen LogP contribution in [-0.4, -0.2) is 36.6 Å². The molecule has 104 valence electrons. The van der Waals surface area contributed by atoms with Crippen LogP contribution in [0.3, 0.4) is 0 Å². The zero-order valence-electron chi connectivity index (χ0n) is 12.0. The van der Waals surface area contributed by atoms with Crippen molar-refractivity contribution in [2.75, 3.05) is 19.6 Å². The van der Waals surface area contributed by atoms with Gasteiger partial charge in [-0.25, -0.2) is 0 Å². The first-order valence-corrected chi connectivity index (χ1v) is 8.35. The van der Waals surface area contributed by atoms with Gasteiger partial charge in [0.25, 0.3) is 0 Å². The zero-order valence-corrected chi connectivity index (χ0v) is 12.0. The van der Waals surface area contributed by atoms with Crippen LogP contribution in [0.2, 0.25) is 0 Å². The Morgan fingerprint density at radius 3 is 2.17 bits per heavy atom. The van der Waals surface area contributed by atoms with Crippen molar-refractivity contribution in [3.05, 3.63) is 0 Å². The Balaban J connectivity index is 1.54. The molecular formula is C16H30N2. The van der Waals surface area contributed by atoms with Crippen LogP contribution in [-0.2, 0) is 0 Å². The third-order valence-corrected chi connectivity index (χ3v) is 5.70. The van der Waals surface area contributed by atoms with Crippen LogP contribution in [0.25, 0.3) is 0 Å². The molecule has 2 aliphatic carbocycles. The maximum Gasteiger partial charge on any atom is 0.0198 e. The highest BCUT2D eigenvalue weighted by molar-refractivity contribution is 4.94. The first-order valence-electron chi connectivity index (χ1n) is 8.35. The summed E-state index contributed by atoms with van der Waals surface area (Å²) in [5.74, 6) is 2.04. The summed E-state index contributed by atoms with van der Waals surface area (Å²) in [6.07, 6.45) is 11.8. The van der Waals surface area contributed by atoms with Crippen molar-refractivity contribution in [3.8, 4) is 0 Å². The van der Waals surface area contributed by atoms with Gasteiger partial charge in [-0.1, -0.05) is 19.8 Å². The molecule has 2 nitrogen and oxygen atoms in total. The molecule has 2 heteroatoms. The fourth-order valence-electron chi connectivity index (χ4n) is 4.01. The highest BCUT2D eigenvalue weighted by Gasteiger charge is 2.37. The van der Waals surface area contributed by atoms with E-state index in [0.717, 1.165) is 23.9 Å². The van der Waals surface area contributed by atoms with Crippen LogP contribution in [0.4, 0.5) is 0 Å². The molecular weight excluding hydrogens is 220 g/mol. The minimum Gasteiger partial charge on any atom is -0.309 e. The fourth-order valence-corrected chi connectivity index (χ4v) is 4.01. The van der Waals surface area contributed by atoms with Gasteiger partial charge in [-0.05, 0) is 63.5 Å². The van der Waals surface area contributed by atoms with E-state index >= 15 is 0 Å². The first-order chi connectivity index (χ1) is 8.86. The molecule has 0 radical (unpaired) electrons. The van der Waals surface area contributed by atoms with E-state index in [4.69, 9.17) is 0 Å². The van der Waals surface area contributed by atoms with Crippen molar-refractivity contribution >= 4 is 0 Å². The summed E-state index contributed by atoms with van der Waals surface area (Å²) in [7, 11) is 0. The second-order valence-electron chi connectivity index (χ2n) is 6.81. The highest BCUT2D eigenvalue weighted by atomic mass is 15.2. The third-order valence-electron chi connectivity index (χ3n) is 5.70. The van der Waals surface area contributed by atoms with Crippen molar-refractivity contribution in [2.45, 2.75) is 70.4 Å². The Morgan fingerprint density at radius 2 is 1.67 bits per heavy atom. The van der Waals surface area contributed by atoms with E-state index in [0.29, 0.717) is 0 Å². The Hall–Kier alpha value is -0.0800. The molecule has 1 saturated heterocycles. The molecule has 3 rings (SSSR count). The van der Waals surface area contributed by atoms with Gasteiger partial charge in [-0.2, -0.15) is 0 Å². The van der Waals surface area contributed by atoms with Gasteiger partial charge in [-0.15, -0.1) is 0 Å². The van der Waals surface area contributed by atoms with Crippen LogP contribution < -0.4 is 5.32 Å². The number of rotatable bonds is 5. The molecule has 0 unspecified atom stereocenters. The maximum absolute atomic E-state index is 4.08. The van der Waals surface area contributed by atoms with E-state index in [1.165, 1.54) is 71.0 Å². The molecule has 3 aliphatic rings. The zero-order chi connectivity index (χ0) is 12.4. The molecule has 0 bridgehead atoms. The van der Waals surface area contributed by atoms with Crippen LogP contribution in [0.5, 0.6) is 0 Å². The summed E-state index contributed by atoms with van der Waals surface area (Å²) in [5, 5.41) is 4.08. The molecule has 1 aliphatic heterocycles. The number of piperidine rings is 1. The Labute approximate surface area is 113 Å². The number of likely N-dealkylation sites (tertiary alicyclic amines) is 1. The van der Waals surface area contributed by atoms with Crippen molar-refractivity contribution in [1.29, 1.82) is 0 Å². The number of likely N-dealkylation sites (N-methyl/N-ethyl adjacent to an activating group) is 1. The Kier molecular flexibility index (Phi) is 4.25. The number of nitrogens with one attached hydrogen (secondary N) is 1. The molecule has 0 aromatic heterocycles. The maximum atomic E-state index is 4.08. The summed E-state index contributed by atoms with van der Waals surface area (Å²) in [4.78, 5) is 2.62. The lowest BCUT2D eigenvalue weighted by atomic mass is 9.68. The highest BCUT2D eigenvalue weighted by Crippen LogP contribution is 2.40. The van der Waals surface area contributed by atoms with Gasteiger partial charge in [-0.3, -0.25) is 0 Å². The average Bonchev–Trinajstić information content (AvgIpc) is 2.24. The quantitative estimate of drug-likeness (QED) is 0.807. The van der Waals surface area contributed by atoms with Gasteiger partial charge in [0.2, 0.25) is 0 Å². The largest absolute Gasteiger partial charge is 0.309 e. The van der Waals surface area contributed by atoms with Gasteiger partial charge >= 0.3 is 0 Å². The van der Waals surface area contributed by atoms with Crippen molar-refractivity contribution in [1.82, 2.24) is 10.2 Å². The molecule has 18 heavy (non-hydrogen) atoms. The van der Waals surface area contributed by atoms with E-state index in [-0.39, 0.29) is 0 Å². The van der Waals surface area contributed by atoms with E-state index in [2.05, 4.69) is 17.1 Å². The number of hydrogen-bond donors (Lipinski definition) is 1. The predicted octanol–water partition coefficient (Wildman–Crippen LogP) is 3.03. The fraction of sp³-hybridized carbons (Fsp3) is 1.00. The minimum absolute atomic E-state index is 0.782. The normalized spacial score (nSPS) is 31.3. The molecule has 0 aromatic carbocycles. The smallest absolute Gasteiger partial charge is 0.0198 e. The molecule has 1 atom stereocenters. The second kappa shape index (κ2) is 5.92. The number of hydrogen-bond acceptors (Lipinski definition) is 2. The van der Waals surface area contributed by atoms with Gasteiger partial charge < -0.3 is 10.2 Å². The Bertz CT molecular complexity index is 244. The van der Waals surface area contributed by atoms with Gasteiger partial charge in [0.15, 0.2) is 0 Å². The summed E-state index contributed by atoms with van der Waals surface area (Å²) >= 11 is 0. The SMILES string of the molecule is CCN1CCC[C@@H](NC(C2CCC2)C2CCC2)C1. The van der Waals surface area contributed by atoms with Crippen molar-refractivity contribution in [3.63, 3.8) is 0 Å². The lowest BCUT2D eigenvalue weighted by Gasteiger charge is -2.46. The molecule has 0 amide bonds. The van der Waals surface area contributed by atoms with Gasteiger partial charge in [0, 0.05) is 18.6 Å². The van der Waals surface area contributed by atoms with E-state index in [9.17, 15) is 0 Å². The lowest BCUT2D eigenvalue weighted by Crippen LogP contribution is -2.55. The van der Waals surface area contributed by atoms with E-state index in [1.807, 2.05) is 0 Å². The van der Waals surface area contributed by atoms with E-state index < -0.39 is 0 Å². The summed E-state index contributed by atoms with van der Waals surface area (Å²) in [6.45, 7) is 6.16. The van der Waals surface area contributed by atoms with Crippen LogP contribution >= 0.6 is 0 Å². The topological polar surface area (TPSA) is 15.3 Å². The van der Waals surface area contributed by atoms with Crippen LogP contribution in [0.15, 0.2) is 0 Å². The first kappa shape index (κ1) is 12.9. The van der Waals surface area contributed by atoms with Gasteiger partial charge in [0.05, 0.1) is 0 Å². The summed E-state index contributed by atoms with van der Waals surface area (Å²) in [6, 6.07) is 1.65. The lowest BCUT2D eigenvalue weighted by molar-refractivity contribution is 0.0941. The summed E-state index contributed by atoms with van der Waals surface area (Å²) in [5.41, 5.74) is 0. The summed E-state index contributed by atoms with van der Waals surface area (Å²) < 4.78 is 0. The molecule has 2 saturated carbocycles. The van der Waals surface area contributed by atoms with Crippen molar-refractivity contribution in [2.24, 2.45) is 11.8 Å². The van der Waals surface area contributed by atoms with Gasteiger partial charge in [0.1, 0.15) is 0 Å². The number of nitrogens with zero attached hydrogens (tertiary/aromatic N) is 1. The molecule has 0 spiro atoms. The second-order valence-corrected chi connectivity index (χ2v) is 6.81. The van der Waals surface area contributed by atoms with Crippen LogP contribution in [0.1, 0.15) is 58.3 Å². The molecule has 1 heterocycles. The molecule has 0 aromatic rings. The molecule has 3 fully saturated rings. The van der Waals surface area contributed by atoms with Crippen LogP contribution in [0, 0.1) is 11.8 Å². The monoisotopic (exact) mass is 250 g/mol. The van der Waals surface area contributed by atoms with E-state index in [1.54, 1.807) is 0 Å². The third kappa shape index (κ3) is 2.75. The van der Waals surface area contributed by atoms with Crippen molar-refractivity contribution < 1.29 is 0 Å². The predicted molar refractivity (Wildman–Crippen MR) is 76.7 cm³/mol. The minimum atomic E-state index is 0.782. The standard InChI is InChI=1S/C16H30N2/c1-2-18-11-5-10-15(12-18)17-16(13-6-3-7-13)14-8-4-9-14/h13-17H,2-12H2,1H3/t15-/m1/s1. The average molecular weight is 250 g/mol. The molecule has 1 N–H and O–H groups in total. The Morgan fingerprint density at radius 1 is 1.00 bits per heavy atom.